The van der Waals surface area contributed by atoms with Gasteiger partial charge in [0, 0.05) is 13.0 Å². The van der Waals surface area contributed by atoms with Gasteiger partial charge < -0.3 is 30.4 Å². The molecule has 0 aliphatic carbocycles. The van der Waals surface area contributed by atoms with Crippen molar-refractivity contribution in [2.75, 3.05) is 26.2 Å². The van der Waals surface area contributed by atoms with Gasteiger partial charge in [0.1, 0.15) is 24.4 Å². The van der Waals surface area contributed by atoms with Crippen LogP contribution in [-0.4, -0.2) is 86.9 Å². The fourth-order valence-electron chi connectivity index (χ4n) is 1.67. The molecule has 0 fully saturated rings. The molecule has 19 heavy (non-hydrogen) atoms. The minimum atomic E-state index is -1.81. The molecule has 5 N–H and O–H groups in total. The van der Waals surface area contributed by atoms with Gasteiger partial charge in [-0.15, -0.1) is 0 Å². The molecule has 0 heterocycles. The van der Waals surface area contributed by atoms with E-state index in [0.29, 0.717) is 6.54 Å². The van der Waals surface area contributed by atoms with Crippen molar-refractivity contribution in [2.24, 2.45) is 0 Å². The highest BCUT2D eigenvalue weighted by Crippen LogP contribution is 2.08. The van der Waals surface area contributed by atoms with Crippen LogP contribution in [0.15, 0.2) is 0 Å². The molecule has 0 aromatic heterocycles. The minimum Gasteiger partial charge on any atom is -0.394 e. The number of carbonyl (C=O) groups is 1. The van der Waals surface area contributed by atoms with Gasteiger partial charge in [0.05, 0.1) is 6.61 Å². The lowest BCUT2D eigenvalue weighted by Crippen LogP contribution is -2.49. The molecule has 0 rings (SSSR count). The number of aliphatic hydroxyl groups is 5. The summed E-state index contributed by atoms with van der Waals surface area (Å²) in [7, 11) is 0. The molecule has 0 aliphatic rings. The van der Waals surface area contributed by atoms with Crippen LogP contribution in [0.2, 0.25) is 0 Å². The van der Waals surface area contributed by atoms with E-state index in [9.17, 15) is 20.1 Å². The first-order chi connectivity index (χ1) is 8.88. The van der Waals surface area contributed by atoms with Gasteiger partial charge in [-0.3, -0.25) is 4.79 Å². The fourth-order valence-corrected chi connectivity index (χ4v) is 1.67. The van der Waals surface area contributed by atoms with Crippen LogP contribution in [0.1, 0.15) is 20.3 Å². The first kappa shape index (κ1) is 18.4. The zero-order valence-electron chi connectivity index (χ0n) is 11.4. The predicted molar refractivity (Wildman–Crippen MR) is 68.5 cm³/mol. The molecule has 4 unspecified atom stereocenters. The zero-order chi connectivity index (χ0) is 15.0. The number of hydrogen-bond donors (Lipinski definition) is 5. The molecule has 4 atom stereocenters. The maximum atomic E-state index is 11.6. The van der Waals surface area contributed by atoms with E-state index in [2.05, 4.69) is 0 Å². The third-order valence-corrected chi connectivity index (χ3v) is 3.15. The van der Waals surface area contributed by atoms with E-state index in [0.717, 1.165) is 13.1 Å². The van der Waals surface area contributed by atoms with Crippen LogP contribution >= 0.6 is 0 Å². The van der Waals surface area contributed by atoms with Gasteiger partial charge >= 0.3 is 0 Å². The lowest BCUT2D eigenvalue weighted by Gasteiger charge is -2.25. The molecule has 0 saturated carbocycles. The monoisotopic (exact) mass is 279 g/mol. The van der Waals surface area contributed by atoms with Crippen molar-refractivity contribution in [3.05, 3.63) is 0 Å². The topological polar surface area (TPSA) is 121 Å². The van der Waals surface area contributed by atoms with Crippen molar-refractivity contribution in [1.29, 1.82) is 0 Å². The van der Waals surface area contributed by atoms with E-state index >= 15 is 0 Å². The third-order valence-electron chi connectivity index (χ3n) is 3.15. The highest BCUT2D eigenvalue weighted by molar-refractivity contribution is 5.83. The van der Waals surface area contributed by atoms with Crippen molar-refractivity contribution < 1.29 is 30.3 Å². The third kappa shape index (κ3) is 5.94. The highest BCUT2D eigenvalue weighted by atomic mass is 16.4. The summed E-state index contributed by atoms with van der Waals surface area (Å²) in [6.07, 6.45) is -6.90. The number of nitrogens with zero attached hydrogens (tertiary/aromatic N) is 1. The lowest BCUT2D eigenvalue weighted by atomic mass is 9.99. The SMILES string of the molecule is CCN(CC)CCC(=O)C(O)C(O)C(O)C(O)CO. The summed E-state index contributed by atoms with van der Waals surface area (Å²) in [4.78, 5) is 13.6. The molecule has 0 aliphatic heterocycles. The van der Waals surface area contributed by atoms with Gasteiger partial charge in [-0.2, -0.15) is 0 Å². The quantitative estimate of drug-likeness (QED) is 0.305. The van der Waals surface area contributed by atoms with E-state index in [1.807, 2.05) is 18.7 Å². The van der Waals surface area contributed by atoms with Gasteiger partial charge in [-0.25, -0.2) is 0 Å². The number of ketones is 1. The van der Waals surface area contributed by atoms with Gasteiger partial charge in [0.2, 0.25) is 0 Å². The smallest absolute Gasteiger partial charge is 0.165 e. The highest BCUT2D eigenvalue weighted by Gasteiger charge is 2.33. The second-order valence-corrected chi connectivity index (χ2v) is 4.42. The summed E-state index contributed by atoms with van der Waals surface area (Å²) in [5.41, 5.74) is 0. The summed E-state index contributed by atoms with van der Waals surface area (Å²) in [5.74, 6) is -0.608. The largest absolute Gasteiger partial charge is 0.394 e. The average Bonchev–Trinajstić information content (AvgIpc) is 2.44. The molecule has 7 heteroatoms. The maximum absolute atomic E-state index is 11.6. The molecule has 0 aromatic carbocycles. The second-order valence-electron chi connectivity index (χ2n) is 4.42. The molecule has 0 spiro atoms. The normalized spacial score (nSPS) is 18.1. The number of Topliss-reactive ketones (excluding diaryl/α,β-unsaturated/α-hetero) is 1. The van der Waals surface area contributed by atoms with Crippen LogP contribution < -0.4 is 0 Å². The van der Waals surface area contributed by atoms with Crippen molar-refractivity contribution in [3.63, 3.8) is 0 Å². The van der Waals surface area contributed by atoms with E-state index in [4.69, 9.17) is 10.2 Å². The molecule has 7 nitrogen and oxygen atoms in total. The molecule has 0 aromatic rings. The summed E-state index contributed by atoms with van der Waals surface area (Å²) in [6.45, 7) is 5.12. The number of hydrogen-bond acceptors (Lipinski definition) is 7. The van der Waals surface area contributed by atoms with Crippen LogP contribution in [0.3, 0.4) is 0 Å². The number of aliphatic hydroxyl groups excluding tert-OH is 5. The first-order valence-electron chi connectivity index (χ1n) is 6.47. The van der Waals surface area contributed by atoms with E-state index in [1.54, 1.807) is 0 Å². The summed E-state index contributed by atoms with van der Waals surface area (Å²) < 4.78 is 0. The van der Waals surface area contributed by atoms with Gasteiger partial charge in [-0.1, -0.05) is 13.8 Å². The minimum absolute atomic E-state index is 0.0435. The Kier molecular flexibility index (Phi) is 9.07. The van der Waals surface area contributed by atoms with Crippen LogP contribution in [0, 0.1) is 0 Å². The summed E-state index contributed by atoms with van der Waals surface area (Å²) in [6, 6.07) is 0. The molecule has 0 saturated heterocycles. The molecular weight excluding hydrogens is 254 g/mol. The fraction of sp³-hybridized carbons (Fsp3) is 0.917. The Morgan fingerprint density at radius 3 is 2.00 bits per heavy atom. The number of carbonyl (C=O) groups excluding carboxylic acids is 1. The van der Waals surface area contributed by atoms with Crippen molar-refractivity contribution in [1.82, 2.24) is 4.90 Å². The van der Waals surface area contributed by atoms with E-state index < -0.39 is 36.8 Å². The predicted octanol–water partition coefficient (Wildman–Crippen LogP) is -2.28. The summed E-state index contributed by atoms with van der Waals surface area (Å²) >= 11 is 0. The Morgan fingerprint density at radius 2 is 1.58 bits per heavy atom. The van der Waals surface area contributed by atoms with Gasteiger partial charge in [0.15, 0.2) is 5.78 Å². The zero-order valence-corrected chi connectivity index (χ0v) is 11.4. The van der Waals surface area contributed by atoms with Crippen LogP contribution in [0.4, 0.5) is 0 Å². The van der Waals surface area contributed by atoms with Crippen molar-refractivity contribution >= 4 is 5.78 Å². The second kappa shape index (κ2) is 9.35. The first-order valence-corrected chi connectivity index (χ1v) is 6.47. The van der Waals surface area contributed by atoms with Crippen LogP contribution in [0.5, 0.6) is 0 Å². The van der Waals surface area contributed by atoms with Crippen LogP contribution in [-0.2, 0) is 4.79 Å². The standard InChI is InChI=1S/C12H25NO6/c1-3-13(4-2)6-5-8(15)10(17)12(19)11(18)9(16)7-14/h9-12,14,16-19H,3-7H2,1-2H3. The van der Waals surface area contributed by atoms with E-state index in [-0.39, 0.29) is 6.42 Å². The Balaban J connectivity index is 4.31. The van der Waals surface area contributed by atoms with Crippen molar-refractivity contribution in [2.45, 2.75) is 44.7 Å². The van der Waals surface area contributed by atoms with E-state index in [1.165, 1.54) is 0 Å². The molecule has 0 bridgehead atoms. The molecule has 0 radical (unpaired) electrons. The Morgan fingerprint density at radius 1 is 1.05 bits per heavy atom. The Hall–Kier alpha value is -0.570. The molecular formula is C12H25NO6. The van der Waals surface area contributed by atoms with Gasteiger partial charge in [-0.05, 0) is 13.1 Å². The average molecular weight is 279 g/mol. The number of rotatable bonds is 10. The van der Waals surface area contributed by atoms with Crippen LogP contribution in [0.25, 0.3) is 0 Å². The Bertz CT molecular complexity index is 259. The Labute approximate surface area is 113 Å². The molecule has 0 amide bonds. The summed E-state index contributed by atoms with van der Waals surface area (Å²) in [5, 5.41) is 46.3. The maximum Gasteiger partial charge on any atom is 0.165 e. The van der Waals surface area contributed by atoms with Gasteiger partial charge in [0.25, 0.3) is 0 Å². The lowest BCUT2D eigenvalue weighted by molar-refractivity contribution is -0.147. The van der Waals surface area contributed by atoms with Crippen molar-refractivity contribution in [3.8, 4) is 0 Å². The molecule has 114 valence electrons.